The molecule has 260 valence electrons. The largest absolute Gasteiger partial charge is 0.454 e. The summed E-state index contributed by atoms with van der Waals surface area (Å²) in [7, 11) is 3.26. The number of hydrogen-bond acceptors (Lipinski definition) is 10. The van der Waals surface area contributed by atoms with Gasteiger partial charge in [0.05, 0.1) is 29.4 Å². The van der Waals surface area contributed by atoms with Gasteiger partial charge in [0.2, 0.25) is 0 Å². The minimum Gasteiger partial charge on any atom is -0.454 e. The molecule has 10 nitrogen and oxygen atoms in total. The highest BCUT2D eigenvalue weighted by Crippen LogP contribution is 2.80. The number of carbonyl (C=O) groups excluding carboxylic acids is 2. The molecule has 49 heavy (non-hydrogen) atoms. The standard InChI is InChI=1S/C39H46N2O8/c1-4-41-21-36(49-35(44)26-11-6-5-9-23(26)15-29(43)24-10-7-8-22(14-24)19-40)13-12-25(20-42)38-31(36)17-28(33(38)41)37(45)18-30(47-2)27-16-32(38)39(37,46)34(27)48-3/h5-11,14,25,27-28,30-34,42,45-46H,4,12-13,15-18,20-21H2,1-3H3/t25-,27-,28+,30+,31?,32?,33?,34+,36-,37+,38+,39+/m1/s1. The molecule has 3 N–H and O–H groups in total. The number of carbonyl (C=O) groups is 2. The number of aliphatic hydroxyl groups is 3. The van der Waals surface area contributed by atoms with Crippen LogP contribution >= 0.6 is 0 Å². The molecule has 1 saturated heterocycles. The van der Waals surface area contributed by atoms with Crippen LogP contribution in [0.25, 0.3) is 0 Å². The second kappa shape index (κ2) is 11.4. The maximum absolute atomic E-state index is 14.4. The van der Waals surface area contributed by atoms with Crippen LogP contribution in [0, 0.1) is 46.3 Å². The Kier molecular flexibility index (Phi) is 7.69. The van der Waals surface area contributed by atoms with E-state index >= 15 is 0 Å². The van der Waals surface area contributed by atoms with Crippen molar-refractivity contribution in [2.45, 2.75) is 80.5 Å². The quantitative estimate of drug-likeness (QED) is 0.268. The number of ketones is 1. The van der Waals surface area contributed by atoms with Crippen molar-refractivity contribution < 1.29 is 39.1 Å². The minimum atomic E-state index is -1.54. The van der Waals surface area contributed by atoms with Crippen molar-refractivity contribution in [3.8, 4) is 6.07 Å². The lowest BCUT2D eigenvalue weighted by molar-refractivity contribution is -0.333. The topological polar surface area (TPSA) is 150 Å². The molecule has 2 aromatic carbocycles. The van der Waals surface area contributed by atoms with Crippen molar-refractivity contribution >= 4 is 11.8 Å². The summed E-state index contributed by atoms with van der Waals surface area (Å²) in [5, 5.41) is 46.3. The maximum Gasteiger partial charge on any atom is 0.339 e. The number of methoxy groups -OCH3 is 2. The highest BCUT2D eigenvalue weighted by Gasteiger charge is 2.88. The van der Waals surface area contributed by atoms with Gasteiger partial charge in [-0.1, -0.05) is 37.3 Å². The van der Waals surface area contributed by atoms with Gasteiger partial charge >= 0.3 is 5.97 Å². The predicted molar refractivity (Wildman–Crippen MR) is 176 cm³/mol. The molecule has 6 aliphatic rings. The molecule has 10 heteroatoms. The Hall–Kier alpha value is -3.17. The molecular formula is C39H46N2O8. The average Bonchev–Trinajstić information content (AvgIpc) is 3.54. The number of aliphatic hydroxyl groups excluding tert-OH is 1. The molecule has 7 bridgehead atoms. The van der Waals surface area contributed by atoms with E-state index in [0.29, 0.717) is 67.4 Å². The number of nitrogens with zero attached hydrogens (tertiary/aromatic N) is 2. The minimum absolute atomic E-state index is 0.0268. The predicted octanol–water partition coefficient (Wildman–Crippen LogP) is 3.15. The summed E-state index contributed by atoms with van der Waals surface area (Å²) in [4.78, 5) is 30.2. The Balaban J connectivity index is 1.19. The van der Waals surface area contributed by atoms with Gasteiger partial charge in [-0.3, -0.25) is 9.69 Å². The van der Waals surface area contributed by atoms with Crippen LogP contribution in [0.4, 0.5) is 0 Å². The van der Waals surface area contributed by atoms with E-state index in [2.05, 4.69) is 17.9 Å². The molecule has 3 unspecified atom stereocenters. The zero-order valence-corrected chi connectivity index (χ0v) is 28.4. The molecular weight excluding hydrogens is 624 g/mol. The molecule has 5 saturated carbocycles. The smallest absolute Gasteiger partial charge is 0.339 e. The highest BCUT2D eigenvalue weighted by atomic mass is 16.6. The third kappa shape index (κ3) is 4.09. The van der Waals surface area contributed by atoms with Crippen LogP contribution in [0.2, 0.25) is 0 Å². The highest BCUT2D eigenvalue weighted by molar-refractivity contribution is 6.00. The van der Waals surface area contributed by atoms with Crippen molar-refractivity contribution in [2.24, 2.45) is 35.0 Å². The van der Waals surface area contributed by atoms with Gasteiger partial charge in [0, 0.05) is 80.9 Å². The third-order valence-electron chi connectivity index (χ3n) is 14.3. The lowest BCUT2D eigenvalue weighted by atomic mass is 9.42. The van der Waals surface area contributed by atoms with Gasteiger partial charge in [0.1, 0.15) is 16.8 Å². The molecule has 8 rings (SSSR count). The fourth-order valence-corrected chi connectivity index (χ4v) is 12.7. The van der Waals surface area contributed by atoms with Gasteiger partial charge in [-0.15, -0.1) is 0 Å². The number of esters is 1. The van der Waals surface area contributed by atoms with Gasteiger partial charge in [-0.25, -0.2) is 4.79 Å². The summed E-state index contributed by atoms with van der Waals surface area (Å²) < 4.78 is 18.8. The number of hydrogen-bond donors (Lipinski definition) is 3. The Morgan fingerprint density at radius 2 is 1.86 bits per heavy atom. The van der Waals surface area contributed by atoms with Crippen molar-refractivity contribution in [1.82, 2.24) is 4.90 Å². The SMILES string of the molecule is CCN1C[C@]2(OC(=O)c3ccccc3CC(=O)c3cccc(C#N)c3)CC[C@H](CO)[C@]34C1[C@H](CC23)[C@@]1(O)C[C@H](OC)[C@H]2CC4[C@]1(O)[C@H]2OC. The summed E-state index contributed by atoms with van der Waals surface area (Å²) in [6, 6.07) is 15.5. The van der Waals surface area contributed by atoms with Crippen molar-refractivity contribution in [3.05, 3.63) is 70.8 Å². The van der Waals surface area contributed by atoms with Crippen LogP contribution in [0.1, 0.15) is 70.9 Å². The van der Waals surface area contributed by atoms with E-state index in [1.54, 1.807) is 62.8 Å². The number of rotatable bonds is 9. The Morgan fingerprint density at radius 1 is 1.06 bits per heavy atom. The van der Waals surface area contributed by atoms with Gasteiger partial charge < -0.3 is 29.5 Å². The van der Waals surface area contributed by atoms with Gasteiger partial charge in [0.25, 0.3) is 0 Å². The molecule has 1 heterocycles. The number of likely N-dealkylation sites (N-methyl/N-ethyl adjacent to an activating group) is 1. The number of Topliss-reactive ketones (excluding diaryl/α,β-unsaturated/α-hetero) is 1. The summed E-state index contributed by atoms with van der Waals surface area (Å²) in [6.07, 6.45) is 1.70. The Morgan fingerprint density at radius 3 is 2.57 bits per heavy atom. The maximum atomic E-state index is 14.4. The Labute approximate surface area is 287 Å². The van der Waals surface area contributed by atoms with E-state index in [9.17, 15) is 30.2 Å². The molecule has 2 aromatic rings. The van der Waals surface area contributed by atoms with E-state index in [-0.39, 0.29) is 54.6 Å². The third-order valence-corrected chi connectivity index (χ3v) is 14.3. The first-order valence-electron chi connectivity index (χ1n) is 17.8. The fraction of sp³-hybridized carbons (Fsp3) is 0.615. The molecule has 1 spiro atoms. The average molecular weight is 671 g/mol. The van der Waals surface area contributed by atoms with E-state index in [0.717, 1.165) is 0 Å². The van der Waals surface area contributed by atoms with Crippen molar-refractivity contribution in [2.75, 3.05) is 33.9 Å². The molecule has 0 amide bonds. The number of ether oxygens (including phenoxy) is 3. The number of likely N-dealkylation sites (tertiary alicyclic amines) is 1. The normalized spacial score (nSPS) is 42.8. The number of nitriles is 1. The van der Waals surface area contributed by atoms with Crippen molar-refractivity contribution in [1.29, 1.82) is 5.26 Å². The molecule has 12 atom stereocenters. The number of benzene rings is 2. The molecule has 0 aromatic heterocycles. The van der Waals surface area contributed by atoms with Gasteiger partial charge in [-0.2, -0.15) is 5.26 Å². The van der Waals surface area contributed by atoms with Crippen LogP contribution in [0.3, 0.4) is 0 Å². The first-order chi connectivity index (χ1) is 23.6. The second-order valence-electron chi connectivity index (χ2n) is 15.6. The second-order valence-corrected chi connectivity index (χ2v) is 15.6. The molecule has 5 aliphatic carbocycles. The van der Waals surface area contributed by atoms with Gasteiger partial charge in [0.15, 0.2) is 5.78 Å². The summed E-state index contributed by atoms with van der Waals surface area (Å²) in [5.41, 5.74) is -2.90. The first kappa shape index (κ1) is 33.0. The van der Waals surface area contributed by atoms with Crippen LogP contribution in [0.5, 0.6) is 0 Å². The monoisotopic (exact) mass is 670 g/mol. The summed E-state index contributed by atoms with van der Waals surface area (Å²) in [5.74, 6) is -1.91. The van der Waals surface area contributed by atoms with Crippen LogP contribution in [0.15, 0.2) is 48.5 Å². The lowest BCUT2D eigenvalue weighted by Gasteiger charge is -2.71. The van der Waals surface area contributed by atoms with Crippen LogP contribution in [-0.2, 0) is 20.6 Å². The van der Waals surface area contributed by atoms with Crippen molar-refractivity contribution in [3.63, 3.8) is 0 Å². The molecule has 6 fully saturated rings. The zero-order valence-electron chi connectivity index (χ0n) is 28.4. The summed E-state index contributed by atoms with van der Waals surface area (Å²) >= 11 is 0. The number of piperidine rings is 1. The zero-order chi connectivity index (χ0) is 34.5. The molecule has 0 radical (unpaired) electrons. The van der Waals surface area contributed by atoms with Crippen LogP contribution < -0.4 is 0 Å². The summed E-state index contributed by atoms with van der Waals surface area (Å²) in [6.45, 7) is 3.19. The number of fused-ring (bicyclic) bond motifs is 2. The molecule has 1 aliphatic heterocycles. The van der Waals surface area contributed by atoms with E-state index in [1.807, 2.05) is 0 Å². The fourth-order valence-electron chi connectivity index (χ4n) is 12.7. The van der Waals surface area contributed by atoms with E-state index < -0.39 is 40.2 Å². The first-order valence-corrected chi connectivity index (χ1v) is 17.8. The van der Waals surface area contributed by atoms with E-state index in [4.69, 9.17) is 14.2 Å². The van der Waals surface area contributed by atoms with E-state index in [1.165, 1.54) is 0 Å². The Bertz CT molecular complexity index is 1730. The van der Waals surface area contributed by atoms with Gasteiger partial charge in [-0.05, 0) is 61.9 Å². The van der Waals surface area contributed by atoms with Crippen LogP contribution in [-0.4, -0.2) is 101 Å². The lowest BCUT2D eigenvalue weighted by Crippen LogP contribution is -2.82.